The van der Waals surface area contributed by atoms with Crippen LogP contribution >= 0.6 is 11.6 Å². The Morgan fingerprint density at radius 3 is 2.75 bits per heavy atom. The van der Waals surface area contributed by atoms with Crippen LogP contribution in [0.2, 0.25) is 5.02 Å². The molecule has 0 spiro atoms. The molecule has 2 aliphatic rings. The number of fused-ring (bicyclic) bond motifs is 1. The Bertz CT molecular complexity index is 651. The first-order valence-corrected chi connectivity index (χ1v) is 6.84. The Morgan fingerprint density at radius 2 is 2.05 bits per heavy atom. The standard InChI is InChI=1S/C15H15ClN2O2/c1-8-4-5-11(7-12(8)16)18-15-14(10(3)17-18)9(2)6-13(19)20-15/h4-7,14-15H,1-3H3/t14-,15+/m0/s1. The number of hydrazone groups is 1. The Balaban J connectivity index is 2.01. The topological polar surface area (TPSA) is 41.9 Å². The van der Waals surface area contributed by atoms with E-state index >= 15 is 0 Å². The fourth-order valence-electron chi connectivity index (χ4n) is 2.67. The van der Waals surface area contributed by atoms with Crippen molar-refractivity contribution in [2.24, 2.45) is 11.0 Å². The van der Waals surface area contributed by atoms with Gasteiger partial charge in [-0.05, 0) is 38.5 Å². The number of hydrogen-bond acceptors (Lipinski definition) is 4. The van der Waals surface area contributed by atoms with Gasteiger partial charge in [0, 0.05) is 16.8 Å². The van der Waals surface area contributed by atoms with Crippen LogP contribution in [-0.4, -0.2) is 17.9 Å². The van der Waals surface area contributed by atoms with Gasteiger partial charge in [0.25, 0.3) is 0 Å². The van der Waals surface area contributed by atoms with E-state index in [1.54, 1.807) is 5.01 Å². The summed E-state index contributed by atoms with van der Waals surface area (Å²) in [5.41, 5.74) is 3.75. The van der Waals surface area contributed by atoms with E-state index in [1.807, 2.05) is 39.0 Å². The molecule has 104 valence electrons. The molecular weight excluding hydrogens is 276 g/mol. The molecule has 0 amide bonds. The molecule has 1 aromatic rings. The third-order valence-corrected chi connectivity index (χ3v) is 4.14. The summed E-state index contributed by atoms with van der Waals surface area (Å²) in [7, 11) is 0. The molecular formula is C15H15ClN2O2. The molecule has 0 aromatic heterocycles. The van der Waals surface area contributed by atoms with E-state index in [1.165, 1.54) is 6.08 Å². The lowest BCUT2D eigenvalue weighted by Gasteiger charge is -2.30. The van der Waals surface area contributed by atoms with E-state index in [-0.39, 0.29) is 11.9 Å². The number of carbonyl (C=O) groups is 1. The van der Waals surface area contributed by atoms with E-state index in [2.05, 4.69) is 5.10 Å². The highest BCUT2D eigenvalue weighted by Gasteiger charge is 2.42. The average molecular weight is 291 g/mol. The van der Waals surface area contributed by atoms with Gasteiger partial charge < -0.3 is 4.74 Å². The predicted octanol–water partition coefficient (Wildman–Crippen LogP) is 3.29. The molecule has 0 N–H and O–H groups in total. The molecule has 20 heavy (non-hydrogen) atoms. The first-order valence-electron chi connectivity index (χ1n) is 6.46. The lowest BCUT2D eigenvalue weighted by molar-refractivity contribution is -0.145. The number of rotatable bonds is 1. The largest absolute Gasteiger partial charge is 0.435 e. The van der Waals surface area contributed by atoms with E-state index in [9.17, 15) is 4.79 Å². The first kappa shape index (κ1) is 13.2. The molecule has 2 atom stereocenters. The molecule has 4 nitrogen and oxygen atoms in total. The number of halogens is 1. The number of benzene rings is 1. The zero-order valence-electron chi connectivity index (χ0n) is 11.6. The number of aryl methyl sites for hydroxylation is 1. The highest BCUT2D eigenvalue weighted by molar-refractivity contribution is 6.31. The van der Waals surface area contributed by atoms with Crippen LogP contribution in [0.5, 0.6) is 0 Å². The molecule has 0 fully saturated rings. The van der Waals surface area contributed by atoms with Crippen LogP contribution in [0.1, 0.15) is 19.4 Å². The second-order valence-electron chi connectivity index (χ2n) is 5.21. The van der Waals surface area contributed by atoms with Crippen LogP contribution < -0.4 is 5.01 Å². The molecule has 0 aliphatic carbocycles. The van der Waals surface area contributed by atoms with E-state index < -0.39 is 6.23 Å². The maximum atomic E-state index is 11.6. The summed E-state index contributed by atoms with van der Waals surface area (Å²) in [6, 6.07) is 5.71. The van der Waals surface area contributed by atoms with Gasteiger partial charge in [-0.2, -0.15) is 5.10 Å². The predicted molar refractivity (Wildman–Crippen MR) is 78.9 cm³/mol. The monoisotopic (exact) mass is 290 g/mol. The molecule has 2 heterocycles. The van der Waals surface area contributed by atoms with E-state index in [4.69, 9.17) is 16.3 Å². The smallest absolute Gasteiger partial charge is 0.332 e. The highest BCUT2D eigenvalue weighted by atomic mass is 35.5. The maximum Gasteiger partial charge on any atom is 0.332 e. The summed E-state index contributed by atoms with van der Waals surface area (Å²) in [5, 5.41) is 6.94. The molecule has 5 heteroatoms. The molecule has 3 rings (SSSR count). The minimum absolute atomic E-state index is 0.0211. The van der Waals surface area contributed by atoms with Gasteiger partial charge >= 0.3 is 5.97 Å². The number of ether oxygens (including phenoxy) is 1. The van der Waals surface area contributed by atoms with Crippen LogP contribution in [0.15, 0.2) is 34.9 Å². The van der Waals surface area contributed by atoms with Crippen LogP contribution in [-0.2, 0) is 9.53 Å². The van der Waals surface area contributed by atoms with Crippen molar-refractivity contribution in [3.8, 4) is 0 Å². The molecule has 0 saturated carbocycles. The minimum Gasteiger partial charge on any atom is -0.435 e. The van der Waals surface area contributed by atoms with Gasteiger partial charge in [-0.25, -0.2) is 9.80 Å². The minimum atomic E-state index is -0.411. The summed E-state index contributed by atoms with van der Waals surface area (Å²) in [6.45, 7) is 5.83. The van der Waals surface area contributed by atoms with Crippen molar-refractivity contribution in [3.63, 3.8) is 0 Å². The number of hydrogen-bond donors (Lipinski definition) is 0. The fraction of sp³-hybridized carbons (Fsp3) is 0.333. The molecule has 2 aliphatic heterocycles. The van der Waals surface area contributed by atoms with Gasteiger partial charge in [-0.15, -0.1) is 0 Å². The third-order valence-electron chi connectivity index (χ3n) is 3.73. The van der Waals surface area contributed by atoms with Crippen molar-refractivity contribution >= 4 is 29.0 Å². The Morgan fingerprint density at radius 1 is 1.30 bits per heavy atom. The Kier molecular flexibility index (Phi) is 3.05. The van der Waals surface area contributed by atoms with Crippen LogP contribution in [0.3, 0.4) is 0 Å². The summed E-state index contributed by atoms with van der Waals surface area (Å²) in [5.74, 6) is -0.301. The molecule has 1 aromatic carbocycles. The summed E-state index contributed by atoms with van der Waals surface area (Å²) < 4.78 is 5.44. The van der Waals surface area contributed by atoms with Crippen molar-refractivity contribution in [2.75, 3.05) is 5.01 Å². The molecule has 0 unspecified atom stereocenters. The van der Waals surface area contributed by atoms with Crippen molar-refractivity contribution < 1.29 is 9.53 Å². The van der Waals surface area contributed by atoms with Gasteiger partial charge in [0.15, 0.2) is 0 Å². The van der Waals surface area contributed by atoms with Crippen LogP contribution in [0.4, 0.5) is 5.69 Å². The summed E-state index contributed by atoms with van der Waals surface area (Å²) in [6.07, 6.45) is 1.12. The number of anilines is 1. The quantitative estimate of drug-likeness (QED) is 0.745. The van der Waals surface area contributed by atoms with Gasteiger partial charge in [0.2, 0.25) is 6.23 Å². The van der Waals surface area contributed by atoms with Gasteiger partial charge in [-0.3, -0.25) is 0 Å². The second-order valence-corrected chi connectivity index (χ2v) is 5.62. The lowest BCUT2D eigenvalue weighted by Crippen LogP contribution is -2.40. The van der Waals surface area contributed by atoms with Gasteiger partial charge in [0.1, 0.15) is 0 Å². The fourth-order valence-corrected chi connectivity index (χ4v) is 2.84. The zero-order valence-corrected chi connectivity index (χ0v) is 12.3. The SMILES string of the molecule is CC1=CC(=O)O[C@@H]2[C@@H]1C(C)=NN2c1ccc(C)c(Cl)c1. The first-order chi connectivity index (χ1) is 9.47. The summed E-state index contributed by atoms with van der Waals surface area (Å²) in [4.78, 5) is 11.6. The van der Waals surface area contributed by atoms with Crippen molar-refractivity contribution in [1.82, 2.24) is 0 Å². The van der Waals surface area contributed by atoms with Crippen LogP contribution in [0, 0.1) is 12.8 Å². The van der Waals surface area contributed by atoms with Gasteiger partial charge in [0.05, 0.1) is 11.6 Å². The Hall–Kier alpha value is -1.81. The normalized spacial score (nSPS) is 25.0. The van der Waals surface area contributed by atoms with Crippen molar-refractivity contribution in [2.45, 2.75) is 27.0 Å². The molecule has 0 saturated heterocycles. The van der Waals surface area contributed by atoms with Crippen molar-refractivity contribution in [3.05, 3.63) is 40.4 Å². The number of carbonyl (C=O) groups excluding carboxylic acids is 1. The van der Waals surface area contributed by atoms with Gasteiger partial charge in [-0.1, -0.05) is 23.2 Å². The van der Waals surface area contributed by atoms with Crippen LogP contribution in [0.25, 0.3) is 0 Å². The van der Waals surface area contributed by atoms with E-state index in [0.717, 1.165) is 22.5 Å². The Labute approximate surface area is 122 Å². The zero-order chi connectivity index (χ0) is 14.4. The molecule has 0 radical (unpaired) electrons. The average Bonchev–Trinajstić information content (AvgIpc) is 2.70. The number of esters is 1. The van der Waals surface area contributed by atoms with E-state index in [0.29, 0.717) is 5.02 Å². The lowest BCUT2D eigenvalue weighted by atomic mass is 9.93. The highest BCUT2D eigenvalue weighted by Crippen LogP contribution is 2.36. The number of nitrogens with zero attached hydrogens (tertiary/aromatic N) is 2. The second kappa shape index (κ2) is 4.63. The summed E-state index contributed by atoms with van der Waals surface area (Å²) >= 11 is 6.17. The van der Waals surface area contributed by atoms with Crippen molar-refractivity contribution in [1.29, 1.82) is 0 Å². The maximum absolute atomic E-state index is 11.6. The third kappa shape index (κ3) is 2.00. The molecule has 0 bridgehead atoms.